The molecule has 18 heavy (non-hydrogen) atoms. The first kappa shape index (κ1) is 10.9. The molecule has 0 unspecified atom stereocenters. The lowest BCUT2D eigenvalue weighted by molar-refractivity contribution is -0.135. The van der Waals surface area contributed by atoms with E-state index in [1.54, 1.807) is 0 Å². The average Bonchev–Trinajstić information content (AvgIpc) is 2.77. The van der Waals surface area contributed by atoms with Crippen LogP contribution in [0.5, 0.6) is 0 Å². The van der Waals surface area contributed by atoms with Crippen molar-refractivity contribution in [3.8, 4) is 11.8 Å². The Morgan fingerprint density at radius 2 is 1.94 bits per heavy atom. The fraction of sp³-hybridized carbons (Fsp3) is 0.188. The van der Waals surface area contributed by atoms with Crippen molar-refractivity contribution in [2.24, 2.45) is 0 Å². The van der Waals surface area contributed by atoms with Gasteiger partial charge in [-0.15, -0.1) is 0 Å². The first-order chi connectivity index (χ1) is 8.75. The molecule has 0 radical (unpaired) electrons. The Labute approximate surface area is 105 Å². The van der Waals surface area contributed by atoms with Crippen LogP contribution in [-0.2, 0) is 17.6 Å². The molecule has 2 nitrogen and oxygen atoms in total. The first-order valence-corrected chi connectivity index (χ1v) is 6.00. The van der Waals surface area contributed by atoms with Crippen molar-refractivity contribution >= 4 is 16.7 Å². The van der Waals surface area contributed by atoms with Gasteiger partial charge in [0.15, 0.2) is 0 Å². The number of hydrogen-bond donors (Lipinski definition) is 1. The molecule has 1 N–H and O–H groups in total. The summed E-state index contributed by atoms with van der Waals surface area (Å²) in [4.78, 5) is 10.5. The van der Waals surface area contributed by atoms with E-state index in [0.29, 0.717) is 0 Å². The predicted molar refractivity (Wildman–Crippen MR) is 70.5 cm³/mol. The van der Waals surface area contributed by atoms with Crippen molar-refractivity contribution in [2.45, 2.75) is 19.3 Å². The lowest BCUT2D eigenvalue weighted by Crippen LogP contribution is -1.90. The summed E-state index contributed by atoms with van der Waals surface area (Å²) in [7, 11) is 0. The molecule has 88 valence electrons. The van der Waals surface area contributed by atoms with Gasteiger partial charge < -0.3 is 5.11 Å². The number of hydrogen-bond acceptors (Lipinski definition) is 1. The normalized spacial score (nSPS) is 12.2. The molecule has 0 amide bonds. The largest absolute Gasteiger partial charge is 0.481 e. The van der Waals surface area contributed by atoms with Crippen LogP contribution < -0.4 is 0 Å². The van der Waals surface area contributed by atoms with Gasteiger partial charge in [0.2, 0.25) is 0 Å². The van der Waals surface area contributed by atoms with E-state index in [1.807, 2.05) is 6.07 Å². The molecule has 0 aliphatic heterocycles. The number of carboxylic acids is 1. The second-order valence-electron chi connectivity index (χ2n) is 4.48. The average molecular weight is 236 g/mol. The van der Waals surface area contributed by atoms with E-state index >= 15 is 0 Å². The molecule has 3 rings (SSSR count). The molecule has 0 aromatic heterocycles. The number of aryl methyl sites for hydroxylation is 2. The van der Waals surface area contributed by atoms with Crippen LogP contribution in [0.15, 0.2) is 30.3 Å². The highest BCUT2D eigenvalue weighted by atomic mass is 16.4. The Kier molecular flexibility index (Phi) is 2.53. The van der Waals surface area contributed by atoms with E-state index in [9.17, 15) is 4.79 Å². The maximum Gasteiger partial charge on any atom is 0.315 e. The standard InChI is InChI=1S/C16H12O2/c17-15(18)6-2-3-11-7-8-13-10-9-12-4-1-5-14(11)16(12)13/h1,4-5,7-8H,6,9-10H2,(H,17,18). The minimum absolute atomic E-state index is 0.108. The summed E-state index contributed by atoms with van der Waals surface area (Å²) < 4.78 is 0. The zero-order chi connectivity index (χ0) is 12.5. The number of aliphatic carboxylic acids is 1. The summed E-state index contributed by atoms with van der Waals surface area (Å²) in [5, 5.41) is 11.1. The number of carbonyl (C=O) groups is 1. The maximum absolute atomic E-state index is 10.5. The topological polar surface area (TPSA) is 37.3 Å². The van der Waals surface area contributed by atoms with Crippen molar-refractivity contribution in [2.75, 3.05) is 0 Å². The number of benzene rings is 2. The maximum atomic E-state index is 10.5. The van der Waals surface area contributed by atoms with E-state index in [1.165, 1.54) is 16.5 Å². The second-order valence-corrected chi connectivity index (χ2v) is 4.48. The smallest absolute Gasteiger partial charge is 0.315 e. The van der Waals surface area contributed by atoms with E-state index in [-0.39, 0.29) is 6.42 Å². The van der Waals surface area contributed by atoms with Gasteiger partial charge in [0.05, 0.1) is 0 Å². The Bertz CT molecular complexity index is 692. The van der Waals surface area contributed by atoms with Gasteiger partial charge in [-0.3, -0.25) is 4.79 Å². The molecule has 0 fully saturated rings. The van der Waals surface area contributed by atoms with Gasteiger partial charge in [-0.05, 0) is 40.8 Å². The molecule has 0 atom stereocenters. The van der Waals surface area contributed by atoms with Gasteiger partial charge in [0, 0.05) is 5.56 Å². The van der Waals surface area contributed by atoms with Gasteiger partial charge in [0.1, 0.15) is 6.42 Å². The summed E-state index contributed by atoms with van der Waals surface area (Å²) in [5.74, 6) is 4.79. The molecular formula is C16H12O2. The molecular weight excluding hydrogens is 224 g/mol. The molecule has 0 heterocycles. The number of rotatable bonds is 1. The minimum Gasteiger partial charge on any atom is -0.481 e. The van der Waals surface area contributed by atoms with Crippen LogP contribution in [0.3, 0.4) is 0 Å². The quantitative estimate of drug-likeness (QED) is 0.773. The summed E-state index contributed by atoms with van der Waals surface area (Å²) in [6, 6.07) is 10.4. The molecule has 0 bridgehead atoms. The first-order valence-electron chi connectivity index (χ1n) is 6.00. The summed E-state index contributed by atoms with van der Waals surface area (Å²) >= 11 is 0. The molecule has 0 saturated carbocycles. The van der Waals surface area contributed by atoms with Gasteiger partial charge >= 0.3 is 5.97 Å². The van der Waals surface area contributed by atoms with Gasteiger partial charge in [-0.1, -0.05) is 36.1 Å². The van der Waals surface area contributed by atoms with Crippen LogP contribution >= 0.6 is 0 Å². The third-order valence-corrected chi connectivity index (χ3v) is 3.34. The molecule has 0 saturated heterocycles. The Morgan fingerprint density at radius 3 is 2.72 bits per heavy atom. The number of carboxylic acid groups (broad SMARTS) is 1. The van der Waals surface area contributed by atoms with Crippen molar-refractivity contribution < 1.29 is 9.90 Å². The van der Waals surface area contributed by atoms with Crippen molar-refractivity contribution in [3.05, 3.63) is 47.0 Å². The highest BCUT2D eigenvalue weighted by Crippen LogP contribution is 2.32. The van der Waals surface area contributed by atoms with Crippen molar-refractivity contribution in [3.63, 3.8) is 0 Å². The summed E-state index contributed by atoms with van der Waals surface area (Å²) in [5.41, 5.74) is 3.69. The second kappa shape index (κ2) is 4.19. The van der Waals surface area contributed by atoms with E-state index in [2.05, 4.69) is 36.1 Å². The van der Waals surface area contributed by atoms with Crippen molar-refractivity contribution in [1.82, 2.24) is 0 Å². The van der Waals surface area contributed by atoms with Gasteiger partial charge in [-0.25, -0.2) is 0 Å². The van der Waals surface area contributed by atoms with E-state index in [4.69, 9.17) is 5.11 Å². The highest BCUT2D eigenvalue weighted by Gasteiger charge is 2.14. The van der Waals surface area contributed by atoms with Gasteiger partial charge in [-0.2, -0.15) is 0 Å². The van der Waals surface area contributed by atoms with Crippen LogP contribution in [0, 0.1) is 11.8 Å². The van der Waals surface area contributed by atoms with Crippen LogP contribution in [0.4, 0.5) is 0 Å². The lowest BCUT2D eigenvalue weighted by Gasteiger charge is -2.03. The van der Waals surface area contributed by atoms with Crippen LogP contribution in [0.25, 0.3) is 10.8 Å². The zero-order valence-electron chi connectivity index (χ0n) is 9.86. The Hall–Kier alpha value is -2.27. The van der Waals surface area contributed by atoms with Crippen LogP contribution in [0.2, 0.25) is 0 Å². The van der Waals surface area contributed by atoms with Crippen LogP contribution in [-0.4, -0.2) is 11.1 Å². The minimum atomic E-state index is -0.881. The van der Waals surface area contributed by atoms with E-state index in [0.717, 1.165) is 23.8 Å². The molecule has 2 aromatic rings. The summed E-state index contributed by atoms with van der Waals surface area (Å²) in [6.07, 6.45) is 2.08. The fourth-order valence-electron chi connectivity index (χ4n) is 2.57. The predicted octanol–water partition coefficient (Wildman–Crippen LogP) is 2.76. The Balaban J connectivity index is 2.14. The Morgan fingerprint density at radius 1 is 1.17 bits per heavy atom. The lowest BCUT2D eigenvalue weighted by atomic mass is 10.0. The van der Waals surface area contributed by atoms with Crippen LogP contribution in [0.1, 0.15) is 23.1 Å². The molecule has 1 aliphatic carbocycles. The zero-order valence-corrected chi connectivity index (χ0v) is 9.86. The third-order valence-electron chi connectivity index (χ3n) is 3.34. The molecule has 2 heteroatoms. The third kappa shape index (κ3) is 1.74. The van der Waals surface area contributed by atoms with Gasteiger partial charge in [0.25, 0.3) is 0 Å². The monoisotopic (exact) mass is 236 g/mol. The fourth-order valence-corrected chi connectivity index (χ4v) is 2.57. The SMILES string of the molecule is O=C(O)CC#Cc1ccc2c3c(cccc13)CC2. The molecule has 2 aromatic carbocycles. The van der Waals surface area contributed by atoms with Crippen molar-refractivity contribution in [1.29, 1.82) is 0 Å². The molecule has 1 aliphatic rings. The summed E-state index contributed by atoms with van der Waals surface area (Å²) in [6.45, 7) is 0. The highest BCUT2D eigenvalue weighted by molar-refractivity contribution is 5.95. The van der Waals surface area contributed by atoms with E-state index < -0.39 is 5.97 Å². The molecule has 0 spiro atoms.